The standard InChI is InChI=1S/C14H10ClF4NO2S/c15-12-3-1-2-4-13(12)23(21,22)20-8-9-5-10(14(17,18)19)7-11(16)6-9/h1-7,20H,8H2. The Morgan fingerprint density at radius 1 is 1.09 bits per heavy atom. The quantitative estimate of drug-likeness (QED) is 0.831. The van der Waals surface area contributed by atoms with Crippen LogP contribution in [0.15, 0.2) is 47.4 Å². The molecule has 2 rings (SSSR count). The van der Waals surface area contributed by atoms with Gasteiger partial charge in [0, 0.05) is 6.54 Å². The fraction of sp³-hybridized carbons (Fsp3) is 0.143. The fourth-order valence-corrected chi connectivity index (χ4v) is 3.37. The Hall–Kier alpha value is -1.64. The lowest BCUT2D eigenvalue weighted by Gasteiger charge is -2.11. The maximum atomic E-state index is 13.3. The van der Waals surface area contributed by atoms with E-state index in [0.717, 1.165) is 6.07 Å². The predicted molar refractivity (Wildman–Crippen MR) is 76.9 cm³/mol. The van der Waals surface area contributed by atoms with Gasteiger partial charge >= 0.3 is 6.18 Å². The van der Waals surface area contributed by atoms with Crippen LogP contribution in [-0.2, 0) is 22.7 Å². The lowest BCUT2D eigenvalue weighted by atomic mass is 10.1. The van der Waals surface area contributed by atoms with Gasteiger partial charge in [0.1, 0.15) is 10.7 Å². The summed E-state index contributed by atoms with van der Waals surface area (Å²) in [6.45, 7) is -0.506. The van der Waals surface area contributed by atoms with Crippen molar-refractivity contribution in [1.29, 1.82) is 0 Å². The Kier molecular flexibility index (Phi) is 4.98. The third-order valence-corrected chi connectivity index (χ3v) is 4.78. The van der Waals surface area contributed by atoms with E-state index >= 15 is 0 Å². The first-order valence-electron chi connectivity index (χ1n) is 6.20. The number of nitrogens with one attached hydrogen (secondary N) is 1. The molecule has 0 unspecified atom stereocenters. The molecule has 0 aliphatic carbocycles. The molecule has 0 saturated carbocycles. The fourth-order valence-electron chi connectivity index (χ4n) is 1.83. The number of alkyl halides is 3. The summed E-state index contributed by atoms with van der Waals surface area (Å²) in [5.74, 6) is -1.10. The van der Waals surface area contributed by atoms with Crippen molar-refractivity contribution < 1.29 is 26.0 Å². The molecule has 0 fully saturated rings. The molecule has 0 heterocycles. The highest BCUT2D eigenvalue weighted by Gasteiger charge is 2.31. The molecule has 0 spiro atoms. The van der Waals surface area contributed by atoms with E-state index in [2.05, 4.69) is 4.72 Å². The molecule has 0 atom stereocenters. The molecule has 1 N–H and O–H groups in total. The van der Waals surface area contributed by atoms with Gasteiger partial charge in [0.25, 0.3) is 0 Å². The summed E-state index contributed by atoms with van der Waals surface area (Å²) in [6, 6.07) is 7.43. The van der Waals surface area contributed by atoms with Crippen molar-refractivity contribution in [2.75, 3.05) is 0 Å². The minimum atomic E-state index is -4.72. The number of benzene rings is 2. The maximum absolute atomic E-state index is 13.3. The lowest BCUT2D eigenvalue weighted by molar-refractivity contribution is -0.137. The van der Waals surface area contributed by atoms with Crippen LogP contribution in [0.25, 0.3) is 0 Å². The Bertz CT molecular complexity index is 822. The monoisotopic (exact) mass is 367 g/mol. The van der Waals surface area contributed by atoms with E-state index in [1.165, 1.54) is 24.3 Å². The van der Waals surface area contributed by atoms with Crippen LogP contribution in [0.1, 0.15) is 11.1 Å². The second-order valence-corrected chi connectivity index (χ2v) is 6.74. The van der Waals surface area contributed by atoms with Crippen molar-refractivity contribution in [2.45, 2.75) is 17.6 Å². The molecule has 0 amide bonds. The summed E-state index contributed by atoms with van der Waals surface area (Å²) in [6.07, 6.45) is -4.72. The zero-order valence-corrected chi connectivity index (χ0v) is 12.9. The summed E-state index contributed by atoms with van der Waals surface area (Å²) in [5.41, 5.74) is -1.35. The van der Waals surface area contributed by atoms with E-state index in [9.17, 15) is 26.0 Å². The van der Waals surface area contributed by atoms with Crippen LogP contribution in [0.5, 0.6) is 0 Å². The summed E-state index contributed by atoms with van der Waals surface area (Å²) >= 11 is 5.77. The van der Waals surface area contributed by atoms with Crippen molar-refractivity contribution in [2.24, 2.45) is 0 Å². The van der Waals surface area contributed by atoms with Crippen LogP contribution in [0, 0.1) is 5.82 Å². The van der Waals surface area contributed by atoms with Crippen LogP contribution in [0.3, 0.4) is 0 Å². The average molecular weight is 368 g/mol. The summed E-state index contributed by atoms with van der Waals surface area (Å²) in [4.78, 5) is -0.214. The van der Waals surface area contributed by atoms with Gasteiger partial charge in [-0.3, -0.25) is 0 Å². The van der Waals surface area contributed by atoms with Gasteiger partial charge in [0.15, 0.2) is 0 Å². The van der Waals surface area contributed by atoms with Crippen molar-refractivity contribution in [3.05, 3.63) is 64.4 Å². The van der Waals surface area contributed by atoms with E-state index in [1.54, 1.807) is 0 Å². The number of rotatable bonds is 4. The molecule has 2 aromatic carbocycles. The molecule has 0 aliphatic heterocycles. The van der Waals surface area contributed by atoms with E-state index in [0.29, 0.717) is 12.1 Å². The third kappa shape index (κ3) is 4.43. The highest BCUT2D eigenvalue weighted by Crippen LogP contribution is 2.30. The zero-order valence-electron chi connectivity index (χ0n) is 11.4. The minimum absolute atomic E-state index is 0.0322. The van der Waals surface area contributed by atoms with E-state index in [4.69, 9.17) is 11.6 Å². The zero-order chi connectivity index (χ0) is 17.3. The molecule has 23 heavy (non-hydrogen) atoms. The summed E-state index contributed by atoms with van der Waals surface area (Å²) in [5, 5.41) is -0.0322. The Morgan fingerprint density at radius 3 is 2.35 bits per heavy atom. The van der Waals surface area contributed by atoms with Crippen LogP contribution in [0.4, 0.5) is 17.6 Å². The van der Waals surface area contributed by atoms with Crippen molar-refractivity contribution in [3.63, 3.8) is 0 Å². The molecular formula is C14H10ClF4NO2S. The van der Waals surface area contributed by atoms with Crippen LogP contribution >= 0.6 is 11.6 Å². The molecule has 3 nitrogen and oxygen atoms in total. The molecule has 0 aromatic heterocycles. The van der Waals surface area contributed by atoms with E-state index < -0.39 is 34.1 Å². The van der Waals surface area contributed by atoms with Gasteiger partial charge in [0.05, 0.1) is 10.6 Å². The topological polar surface area (TPSA) is 46.2 Å². The van der Waals surface area contributed by atoms with Gasteiger partial charge in [0.2, 0.25) is 10.0 Å². The molecule has 0 saturated heterocycles. The first-order chi connectivity index (χ1) is 10.6. The molecule has 0 aliphatic rings. The largest absolute Gasteiger partial charge is 0.416 e. The molecule has 9 heteroatoms. The van der Waals surface area contributed by atoms with E-state index in [1.807, 2.05) is 0 Å². The highest BCUT2D eigenvalue weighted by molar-refractivity contribution is 7.89. The van der Waals surface area contributed by atoms with E-state index in [-0.39, 0.29) is 15.5 Å². The second kappa shape index (κ2) is 6.46. The van der Waals surface area contributed by atoms with Crippen LogP contribution in [-0.4, -0.2) is 8.42 Å². The van der Waals surface area contributed by atoms with Crippen molar-refractivity contribution >= 4 is 21.6 Å². The number of hydrogen-bond donors (Lipinski definition) is 1. The highest BCUT2D eigenvalue weighted by atomic mass is 35.5. The number of halogens is 5. The minimum Gasteiger partial charge on any atom is -0.207 e. The van der Waals surface area contributed by atoms with Crippen LogP contribution < -0.4 is 4.72 Å². The molecule has 124 valence electrons. The third-order valence-electron chi connectivity index (χ3n) is 2.88. The Morgan fingerprint density at radius 2 is 1.74 bits per heavy atom. The molecule has 0 bridgehead atoms. The Labute approximate surface area is 134 Å². The predicted octanol–water partition coefficient (Wildman–Crippen LogP) is 3.98. The smallest absolute Gasteiger partial charge is 0.207 e. The number of hydrogen-bond acceptors (Lipinski definition) is 2. The first kappa shape index (κ1) is 17.7. The average Bonchev–Trinajstić information content (AvgIpc) is 2.44. The lowest BCUT2D eigenvalue weighted by Crippen LogP contribution is -2.24. The van der Waals surface area contributed by atoms with Crippen LogP contribution in [0.2, 0.25) is 5.02 Å². The summed E-state index contributed by atoms with van der Waals surface area (Å²) < 4.78 is 77.4. The van der Waals surface area contributed by atoms with Gasteiger partial charge in [-0.25, -0.2) is 17.5 Å². The van der Waals surface area contributed by atoms with Gasteiger partial charge in [-0.1, -0.05) is 23.7 Å². The van der Waals surface area contributed by atoms with Gasteiger partial charge in [-0.2, -0.15) is 13.2 Å². The molecular weight excluding hydrogens is 358 g/mol. The SMILES string of the molecule is O=S(=O)(NCc1cc(F)cc(C(F)(F)F)c1)c1ccccc1Cl. The van der Waals surface area contributed by atoms with Gasteiger partial charge < -0.3 is 0 Å². The van der Waals surface area contributed by atoms with Crippen molar-refractivity contribution in [3.8, 4) is 0 Å². The maximum Gasteiger partial charge on any atom is 0.416 e. The number of sulfonamides is 1. The Balaban J connectivity index is 2.24. The molecule has 2 aromatic rings. The second-order valence-electron chi connectivity index (χ2n) is 4.60. The van der Waals surface area contributed by atoms with Crippen molar-refractivity contribution in [1.82, 2.24) is 4.72 Å². The molecule has 0 radical (unpaired) electrons. The normalized spacial score (nSPS) is 12.4. The van der Waals surface area contributed by atoms with Gasteiger partial charge in [-0.15, -0.1) is 0 Å². The van der Waals surface area contributed by atoms with Gasteiger partial charge in [-0.05, 0) is 35.9 Å². The summed E-state index contributed by atoms with van der Waals surface area (Å²) in [7, 11) is -4.04. The first-order valence-corrected chi connectivity index (χ1v) is 8.06.